The molecule has 0 spiro atoms. The number of imide groups is 1. The first-order valence-electron chi connectivity index (χ1n) is 13.8. The first-order valence-corrected chi connectivity index (χ1v) is 13.8. The highest BCUT2D eigenvalue weighted by Gasteiger charge is 2.61. The number of anilines is 1. The minimum Gasteiger partial charge on any atom is -0.493 e. The second-order valence-corrected chi connectivity index (χ2v) is 12.0. The third kappa shape index (κ3) is 8.78. The smallest absolute Gasteiger partial charge is 0.426 e. The van der Waals surface area contributed by atoms with Crippen LogP contribution in [0.3, 0.4) is 0 Å². The molecule has 1 aromatic carbocycles. The molecule has 2 heterocycles. The molecule has 2 amide bonds. The Kier molecular flexibility index (Phi) is 10.3. The van der Waals surface area contributed by atoms with Crippen molar-refractivity contribution in [1.29, 1.82) is 0 Å². The van der Waals surface area contributed by atoms with Gasteiger partial charge in [0.15, 0.2) is 5.69 Å². The summed E-state index contributed by atoms with van der Waals surface area (Å²) in [4.78, 5) is 30.0. The number of carbonyl (C=O) groups is 2. The molecule has 2 aromatic heterocycles. The van der Waals surface area contributed by atoms with Crippen molar-refractivity contribution in [3.05, 3.63) is 66.1 Å². The van der Waals surface area contributed by atoms with Gasteiger partial charge in [-0.05, 0) is 53.2 Å². The van der Waals surface area contributed by atoms with E-state index >= 15 is 0 Å². The molecule has 0 fully saturated rings. The standard InChI is InChI=1S/C30H32F6N4O7/c1-8-14-28(30(34,35)36,44-16-17-12-10-9-11-13-17)23-39-38-22(45-23)20-19(15-18(21(41)37-20)29(31,32)33)40(24(42)46-26(2,3)4)25(43)47-27(5,6)7/h8-13,15H,1,14,16H2,2-7H3,(H,37,41). The van der Waals surface area contributed by atoms with Gasteiger partial charge in [-0.1, -0.05) is 36.4 Å². The highest BCUT2D eigenvalue weighted by atomic mass is 19.4. The Labute approximate surface area is 265 Å². The summed E-state index contributed by atoms with van der Waals surface area (Å²) in [6.45, 7) is 11.1. The van der Waals surface area contributed by atoms with Crippen molar-refractivity contribution in [2.75, 3.05) is 4.90 Å². The lowest BCUT2D eigenvalue weighted by atomic mass is 9.98. The zero-order chi connectivity index (χ0) is 35.6. The van der Waals surface area contributed by atoms with Gasteiger partial charge in [0.1, 0.15) is 16.8 Å². The molecule has 1 atom stereocenters. The van der Waals surface area contributed by atoms with Gasteiger partial charge in [-0.2, -0.15) is 31.2 Å². The van der Waals surface area contributed by atoms with Crippen molar-refractivity contribution >= 4 is 17.9 Å². The van der Waals surface area contributed by atoms with Crippen LogP contribution in [-0.2, 0) is 32.6 Å². The van der Waals surface area contributed by atoms with E-state index in [0.29, 0.717) is 5.56 Å². The van der Waals surface area contributed by atoms with Crippen molar-refractivity contribution in [2.45, 2.75) is 83.7 Å². The molecule has 0 radical (unpaired) electrons. The summed E-state index contributed by atoms with van der Waals surface area (Å²) in [5, 5.41) is 17.2. The second kappa shape index (κ2) is 13.2. The number of hydrogen-bond donors (Lipinski definition) is 1. The van der Waals surface area contributed by atoms with E-state index in [1.165, 1.54) is 53.7 Å². The van der Waals surface area contributed by atoms with Gasteiger partial charge >= 0.3 is 24.5 Å². The third-order valence-electron chi connectivity index (χ3n) is 5.87. The first kappa shape index (κ1) is 36.8. The Hall–Kier alpha value is -4.67. The number of benzene rings is 1. The minimum atomic E-state index is -5.29. The molecule has 17 heteroatoms. The molecule has 0 saturated heterocycles. The van der Waals surface area contributed by atoms with Gasteiger partial charge in [-0.25, -0.2) is 14.6 Å². The summed E-state index contributed by atoms with van der Waals surface area (Å²) in [6.07, 6.45) is -13.7. The fourth-order valence-electron chi connectivity index (χ4n) is 3.91. The molecule has 47 heavy (non-hydrogen) atoms. The zero-order valence-electron chi connectivity index (χ0n) is 26.1. The molecule has 3 aromatic rings. The van der Waals surface area contributed by atoms with Crippen molar-refractivity contribution in [3.8, 4) is 17.5 Å². The van der Waals surface area contributed by atoms with Crippen molar-refractivity contribution < 1.29 is 59.7 Å². The normalized spacial score (nSPS) is 13.9. The van der Waals surface area contributed by atoms with Gasteiger partial charge in [-0.15, -0.1) is 16.8 Å². The molecule has 0 aliphatic heterocycles. The lowest BCUT2D eigenvalue weighted by Gasteiger charge is -2.31. The highest BCUT2D eigenvalue weighted by Crippen LogP contribution is 2.47. The van der Waals surface area contributed by atoms with Crippen molar-refractivity contribution in [1.82, 2.24) is 15.2 Å². The van der Waals surface area contributed by atoms with E-state index in [4.69, 9.17) is 18.6 Å². The Morgan fingerprint density at radius 3 is 1.96 bits per heavy atom. The van der Waals surface area contributed by atoms with Crippen LogP contribution in [0.15, 0.2) is 53.5 Å². The van der Waals surface area contributed by atoms with Gasteiger partial charge in [0.25, 0.3) is 11.8 Å². The van der Waals surface area contributed by atoms with Gasteiger partial charge in [0, 0.05) is 6.42 Å². The van der Waals surface area contributed by atoms with Crippen LogP contribution in [0.4, 0.5) is 41.6 Å². The SMILES string of the molecule is C=CCC(OCc1ccccc1)(c1nnc(-c2nc(O)c(C(F)(F)F)cc2N(C(=O)OC(C)(C)C)C(=O)OC(C)(C)C)o1)C(F)(F)F. The third-order valence-corrected chi connectivity index (χ3v) is 5.87. The van der Waals surface area contributed by atoms with Crippen molar-refractivity contribution in [3.63, 3.8) is 0 Å². The average molecular weight is 675 g/mol. The molecule has 1 N–H and O–H groups in total. The van der Waals surface area contributed by atoms with Gasteiger partial charge < -0.3 is 23.7 Å². The molecule has 0 saturated carbocycles. The van der Waals surface area contributed by atoms with Gasteiger partial charge in [-0.3, -0.25) is 0 Å². The zero-order valence-corrected chi connectivity index (χ0v) is 26.1. The monoisotopic (exact) mass is 674 g/mol. The fraction of sp³-hybridized carbons (Fsp3) is 0.433. The van der Waals surface area contributed by atoms with E-state index in [-0.39, 0.29) is 11.0 Å². The molecule has 256 valence electrons. The average Bonchev–Trinajstić information content (AvgIpc) is 3.39. The number of rotatable bonds is 8. The predicted molar refractivity (Wildman–Crippen MR) is 153 cm³/mol. The number of nitrogens with zero attached hydrogens (tertiary/aromatic N) is 4. The number of aromatic nitrogens is 3. The second-order valence-electron chi connectivity index (χ2n) is 12.0. The van der Waals surface area contributed by atoms with Gasteiger partial charge in [0.05, 0.1) is 12.3 Å². The maximum atomic E-state index is 14.7. The van der Waals surface area contributed by atoms with E-state index in [1.54, 1.807) is 18.2 Å². The highest BCUT2D eigenvalue weighted by molar-refractivity contribution is 6.11. The summed E-state index contributed by atoms with van der Waals surface area (Å²) in [6, 6.07) is 7.91. The maximum Gasteiger partial charge on any atom is 0.426 e. The number of hydrogen-bond acceptors (Lipinski definition) is 10. The Bertz CT molecular complexity index is 1570. The Morgan fingerprint density at radius 1 is 0.936 bits per heavy atom. The van der Waals surface area contributed by atoms with E-state index in [0.717, 1.165) is 6.08 Å². The van der Waals surface area contributed by atoms with Crippen LogP contribution in [-0.4, -0.2) is 49.9 Å². The number of halogens is 6. The number of ether oxygens (including phenoxy) is 3. The van der Waals surface area contributed by atoms with Gasteiger partial charge in [0.2, 0.25) is 11.5 Å². The first-order chi connectivity index (χ1) is 21.5. The molecular weight excluding hydrogens is 642 g/mol. The van der Waals surface area contributed by atoms with Crippen LogP contribution in [0.2, 0.25) is 0 Å². The van der Waals surface area contributed by atoms with Crippen molar-refractivity contribution in [2.24, 2.45) is 0 Å². The van der Waals surface area contributed by atoms with E-state index in [1.807, 2.05) is 0 Å². The molecule has 0 aliphatic carbocycles. The van der Waals surface area contributed by atoms with Crippen LogP contribution < -0.4 is 4.90 Å². The Balaban J connectivity index is 2.31. The molecule has 1 unspecified atom stereocenters. The summed E-state index contributed by atoms with van der Waals surface area (Å²) in [5.74, 6) is -3.93. The summed E-state index contributed by atoms with van der Waals surface area (Å²) < 4.78 is 107. The summed E-state index contributed by atoms with van der Waals surface area (Å²) >= 11 is 0. The van der Waals surface area contributed by atoms with E-state index in [2.05, 4.69) is 21.8 Å². The molecule has 0 aliphatic rings. The number of alkyl halides is 6. The van der Waals surface area contributed by atoms with E-state index < -0.39 is 89.0 Å². The number of amides is 2. The van der Waals surface area contributed by atoms with Crippen LogP contribution in [0, 0.1) is 0 Å². The molecular formula is C30H32F6N4O7. The largest absolute Gasteiger partial charge is 0.493 e. The molecule has 3 rings (SSSR count). The van der Waals surface area contributed by atoms with Crippen LogP contribution in [0.25, 0.3) is 11.6 Å². The maximum absolute atomic E-state index is 14.7. The minimum absolute atomic E-state index is 0.0179. The molecule has 11 nitrogen and oxygen atoms in total. The lowest BCUT2D eigenvalue weighted by molar-refractivity contribution is -0.295. The fourth-order valence-corrected chi connectivity index (χ4v) is 3.91. The number of aromatic hydroxyl groups is 1. The lowest BCUT2D eigenvalue weighted by Crippen LogP contribution is -2.45. The quantitative estimate of drug-likeness (QED) is 0.184. The Morgan fingerprint density at radius 2 is 1.49 bits per heavy atom. The van der Waals surface area contributed by atoms with Crippen LogP contribution in [0.5, 0.6) is 5.88 Å². The summed E-state index contributed by atoms with van der Waals surface area (Å²) in [7, 11) is 0. The topological polar surface area (TPSA) is 137 Å². The van der Waals surface area contributed by atoms with E-state index in [9.17, 15) is 41.0 Å². The summed E-state index contributed by atoms with van der Waals surface area (Å²) in [5.41, 5.74) is -9.48. The number of carbonyl (C=O) groups excluding carboxylic acids is 2. The predicted octanol–water partition coefficient (Wildman–Crippen LogP) is 8.08. The molecule has 0 bridgehead atoms. The van der Waals surface area contributed by atoms with Crippen LogP contribution in [0.1, 0.15) is 65.0 Å². The van der Waals surface area contributed by atoms with Crippen LogP contribution >= 0.6 is 0 Å². The number of pyridine rings is 1.